The van der Waals surface area contributed by atoms with Crippen LogP contribution < -0.4 is 4.90 Å². The normalized spacial score (nSPS) is 10.5. The molecule has 3 aromatic rings. The number of carbonyl (C=O) groups excluding carboxylic acids is 2. The summed E-state index contributed by atoms with van der Waals surface area (Å²) in [6, 6.07) is 12.0. The molecule has 0 bridgehead atoms. The molecule has 1 heterocycles. The van der Waals surface area contributed by atoms with E-state index in [0.717, 1.165) is 0 Å². The Morgan fingerprint density at radius 1 is 1.13 bits per heavy atom. The number of nitro groups is 1. The number of carbonyl (C=O) groups is 2. The average Bonchev–Trinajstić information content (AvgIpc) is 3.16. The number of nitrogens with zero attached hydrogens (tertiary/aromatic N) is 3. The van der Waals surface area contributed by atoms with Crippen molar-refractivity contribution < 1.29 is 23.8 Å². The average molecular weight is 409 g/mol. The van der Waals surface area contributed by atoms with Gasteiger partial charge in [-0.15, -0.1) is 0 Å². The van der Waals surface area contributed by atoms with Crippen LogP contribution in [0.5, 0.6) is 0 Å². The minimum atomic E-state index is -0.709. The van der Waals surface area contributed by atoms with Gasteiger partial charge in [0.25, 0.3) is 5.69 Å². The Morgan fingerprint density at radius 3 is 2.43 bits per heavy atom. The number of ether oxygens (including phenoxy) is 1. The molecule has 0 aliphatic heterocycles. The van der Waals surface area contributed by atoms with Gasteiger partial charge in [-0.25, -0.2) is 4.79 Å². The zero-order valence-corrected chi connectivity index (χ0v) is 16.6. The van der Waals surface area contributed by atoms with Gasteiger partial charge in [0, 0.05) is 37.4 Å². The number of ketones is 1. The number of hydrogen-bond donors (Lipinski definition) is 0. The highest BCUT2D eigenvalue weighted by atomic mass is 16.6. The fraction of sp³-hybridized carbons (Fsp3) is 0.190. The molecule has 0 aliphatic rings. The number of nitro benzene ring substituents is 1. The first-order valence-electron chi connectivity index (χ1n) is 8.96. The Kier molecular flexibility index (Phi) is 5.91. The van der Waals surface area contributed by atoms with E-state index >= 15 is 0 Å². The number of anilines is 1. The van der Waals surface area contributed by atoms with Crippen molar-refractivity contribution in [2.45, 2.75) is 13.5 Å². The molecule has 0 unspecified atom stereocenters. The van der Waals surface area contributed by atoms with Gasteiger partial charge in [0.2, 0.25) is 0 Å². The van der Waals surface area contributed by atoms with Gasteiger partial charge in [-0.1, -0.05) is 23.4 Å². The lowest BCUT2D eigenvalue weighted by molar-refractivity contribution is -0.384. The Balaban J connectivity index is 1.89. The molecule has 9 nitrogen and oxygen atoms in total. The van der Waals surface area contributed by atoms with Crippen LogP contribution in [0.25, 0.3) is 0 Å². The fourth-order valence-corrected chi connectivity index (χ4v) is 2.91. The second-order valence-electron chi connectivity index (χ2n) is 6.73. The summed E-state index contributed by atoms with van der Waals surface area (Å²) in [7, 11) is 3.34. The molecule has 0 aliphatic carbocycles. The zero-order chi connectivity index (χ0) is 21.8. The van der Waals surface area contributed by atoms with Gasteiger partial charge in [-0.2, -0.15) is 0 Å². The summed E-state index contributed by atoms with van der Waals surface area (Å²) in [5.74, 6) is -0.647. The maximum atomic E-state index is 13.0. The number of esters is 1. The van der Waals surface area contributed by atoms with Crippen LogP contribution in [0.3, 0.4) is 0 Å². The van der Waals surface area contributed by atoms with Crippen molar-refractivity contribution in [2.24, 2.45) is 0 Å². The van der Waals surface area contributed by atoms with E-state index in [-0.39, 0.29) is 29.0 Å². The van der Waals surface area contributed by atoms with Crippen LogP contribution in [0.2, 0.25) is 0 Å². The van der Waals surface area contributed by atoms with E-state index in [1.54, 1.807) is 44.1 Å². The quantitative estimate of drug-likeness (QED) is 0.252. The smallest absolute Gasteiger partial charge is 0.339 e. The Bertz CT molecular complexity index is 1120. The number of benzene rings is 2. The van der Waals surface area contributed by atoms with E-state index in [4.69, 9.17) is 9.26 Å². The Labute approximate surface area is 172 Å². The maximum absolute atomic E-state index is 13.0. The molecule has 0 saturated carbocycles. The maximum Gasteiger partial charge on any atom is 0.339 e. The highest BCUT2D eigenvalue weighted by Gasteiger charge is 2.23. The van der Waals surface area contributed by atoms with Crippen LogP contribution >= 0.6 is 0 Å². The Hall–Kier alpha value is -4.01. The SMILES string of the molecule is Cc1cc(COC(=O)c2ccccc2C(=O)c2ccc(N(C)C)c([N+](=O)[O-])c2)no1. The fourth-order valence-electron chi connectivity index (χ4n) is 2.91. The van der Waals surface area contributed by atoms with Gasteiger partial charge in [0.1, 0.15) is 23.7 Å². The van der Waals surface area contributed by atoms with Crippen molar-refractivity contribution in [3.05, 3.63) is 86.8 Å². The van der Waals surface area contributed by atoms with Crippen LogP contribution in [-0.4, -0.2) is 35.9 Å². The molecule has 9 heteroatoms. The second-order valence-corrected chi connectivity index (χ2v) is 6.73. The first kappa shape index (κ1) is 20.7. The minimum Gasteiger partial charge on any atom is -0.455 e. The molecule has 30 heavy (non-hydrogen) atoms. The molecule has 2 aromatic carbocycles. The van der Waals surface area contributed by atoms with Crippen molar-refractivity contribution in [1.82, 2.24) is 5.16 Å². The first-order chi connectivity index (χ1) is 14.3. The summed E-state index contributed by atoms with van der Waals surface area (Å²) in [5, 5.41) is 15.2. The summed E-state index contributed by atoms with van der Waals surface area (Å²) in [6.07, 6.45) is 0. The molecule has 0 saturated heterocycles. The van der Waals surface area contributed by atoms with Crippen LogP contribution in [0.15, 0.2) is 53.1 Å². The largest absolute Gasteiger partial charge is 0.455 e. The summed E-state index contributed by atoms with van der Waals surface area (Å²) >= 11 is 0. The van der Waals surface area contributed by atoms with Gasteiger partial charge in [0.05, 0.1) is 10.5 Å². The monoisotopic (exact) mass is 409 g/mol. The molecular weight excluding hydrogens is 390 g/mol. The lowest BCUT2D eigenvalue weighted by Gasteiger charge is -2.13. The molecule has 0 atom stereocenters. The predicted molar refractivity (Wildman–Crippen MR) is 108 cm³/mol. The topological polar surface area (TPSA) is 116 Å². The highest BCUT2D eigenvalue weighted by Crippen LogP contribution is 2.29. The molecule has 1 aromatic heterocycles. The summed E-state index contributed by atoms with van der Waals surface area (Å²) in [6.45, 7) is 1.61. The van der Waals surface area contributed by atoms with E-state index in [1.807, 2.05) is 0 Å². The number of aromatic nitrogens is 1. The molecule has 0 amide bonds. The minimum absolute atomic E-state index is 0.0575. The van der Waals surface area contributed by atoms with Crippen molar-refractivity contribution in [1.29, 1.82) is 0 Å². The third kappa shape index (κ3) is 4.35. The van der Waals surface area contributed by atoms with E-state index in [1.165, 1.54) is 30.3 Å². The number of hydrogen-bond acceptors (Lipinski definition) is 8. The van der Waals surface area contributed by atoms with Gasteiger partial charge >= 0.3 is 5.97 Å². The lowest BCUT2D eigenvalue weighted by atomic mass is 9.97. The summed E-state index contributed by atoms with van der Waals surface area (Å²) in [4.78, 5) is 38.0. The van der Waals surface area contributed by atoms with Gasteiger partial charge in [-0.3, -0.25) is 14.9 Å². The van der Waals surface area contributed by atoms with Crippen LogP contribution in [0, 0.1) is 17.0 Å². The van der Waals surface area contributed by atoms with Gasteiger partial charge in [0.15, 0.2) is 5.78 Å². The Morgan fingerprint density at radius 2 is 1.83 bits per heavy atom. The van der Waals surface area contributed by atoms with Gasteiger partial charge in [-0.05, 0) is 25.1 Å². The van der Waals surface area contributed by atoms with Crippen LogP contribution in [-0.2, 0) is 11.3 Å². The van der Waals surface area contributed by atoms with Gasteiger partial charge < -0.3 is 14.2 Å². The predicted octanol–water partition coefficient (Wildman–Crippen LogP) is 3.55. The number of rotatable bonds is 7. The van der Waals surface area contributed by atoms with E-state index < -0.39 is 16.7 Å². The van der Waals surface area contributed by atoms with Crippen molar-refractivity contribution in [2.75, 3.05) is 19.0 Å². The standard InChI is InChI=1S/C21H19N3O6/c1-13-10-15(22-30-13)12-29-21(26)17-7-5-4-6-16(17)20(25)14-8-9-18(23(2)3)19(11-14)24(27)28/h4-11H,12H2,1-3H3. The first-order valence-corrected chi connectivity index (χ1v) is 8.96. The van der Waals surface area contributed by atoms with E-state index in [9.17, 15) is 19.7 Å². The van der Waals surface area contributed by atoms with E-state index in [0.29, 0.717) is 17.1 Å². The zero-order valence-electron chi connectivity index (χ0n) is 16.6. The van der Waals surface area contributed by atoms with Crippen molar-refractivity contribution in [3.8, 4) is 0 Å². The lowest BCUT2D eigenvalue weighted by Crippen LogP contribution is -2.14. The third-order valence-electron chi connectivity index (χ3n) is 4.34. The highest BCUT2D eigenvalue weighted by molar-refractivity contribution is 6.14. The van der Waals surface area contributed by atoms with E-state index in [2.05, 4.69) is 5.16 Å². The molecule has 154 valence electrons. The molecule has 0 spiro atoms. The molecule has 0 radical (unpaired) electrons. The summed E-state index contributed by atoms with van der Waals surface area (Å²) in [5.41, 5.74) is 0.853. The molecule has 0 N–H and O–H groups in total. The third-order valence-corrected chi connectivity index (χ3v) is 4.34. The summed E-state index contributed by atoms with van der Waals surface area (Å²) < 4.78 is 10.2. The van der Waals surface area contributed by atoms with Crippen molar-refractivity contribution >= 4 is 23.1 Å². The number of aryl methyl sites for hydroxylation is 1. The molecule has 3 rings (SSSR count). The van der Waals surface area contributed by atoms with Crippen LogP contribution in [0.1, 0.15) is 37.7 Å². The molecule has 0 fully saturated rings. The van der Waals surface area contributed by atoms with Crippen LogP contribution in [0.4, 0.5) is 11.4 Å². The second kappa shape index (κ2) is 8.56. The van der Waals surface area contributed by atoms with Crippen molar-refractivity contribution in [3.63, 3.8) is 0 Å². The molecular formula is C21H19N3O6.